The molecule has 10 heteroatoms. The third-order valence-electron chi connectivity index (χ3n) is 3.71. The number of ether oxygens (including phenoxy) is 3. The van der Waals surface area contributed by atoms with Crippen molar-refractivity contribution in [1.82, 2.24) is 0 Å². The van der Waals surface area contributed by atoms with Gasteiger partial charge in [0.05, 0.1) is 18.8 Å². The van der Waals surface area contributed by atoms with E-state index in [0.29, 0.717) is 0 Å². The molecule has 0 radical (unpaired) electrons. The van der Waals surface area contributed by atoms with E-state index in [2.05, 4.69) is 12.6 Å². The van der Waals surface area contributed by atoms with Crippen LogP contribution in [0, 0.1) is 0 Å². The van der Waals surface area contributed by atoms with Gasteiger partial charge in [-0.1, -0.05) is 0 Å². The molecular formula is C13H26O9S. The highest BCUT2D eigenvalue weighted by Gasteiger charge is 2.44. The highest BCUT2D eigenvalue weighted by atomic mass is 32.1. The quantitative estimate of drug-likeness (QED) is 0.180. The monoisotopic (exact) mass is 358 g/mol. The van der Waals surface area contributed by atoms with Gasteiger partial charge in [0.15, 0.2) is 12.6 Å². The Hall–Kier alpha value is -0.0100. The standard InChI is InChI=1S/C13H26O9S/c1-5(7(3-14)20-6(2)12(18)19)21-13-11(17)10(16)9(15)8(4-23)22-13/h5-19,23H,3-4H2,1-2H3/t5-,6?,7?,8?,9?,10?,11?,13?/m0/s1. The van der Waals surface area contributed by atoms with E-state index in [-0.39, 0.29) is 5.75 Å². The summed E-state index contributed by atoms with van der Waals surface area (Å²) in [6.45, 7) is 2.46. The number of hydrogen-bond donors (Lipinski definition) is 7. The zero-order valence-electron chi connectivity index (χ0n) is 13.0. The molecule has 1 saturated heterocycles. The van der Waals surface area contributed by atoms with Crippen molar-refractivity contribution in [3.05, 3.63) is 0 Å². The Bertz CT molecular complexity index is 343. The molecule has 1 heterocycles. The van der Waals surface area contributed by atoms with Crippen molar-refractivity contribution in [2.75, 3.05) is 12.4 Å². The number of rotatable bonds is 8. The minimum Gasteiger partial charge on any atom is -0.394 e. The summed E-state index contributed by atoms with van der Waals surface area (Å²) >= 11 is 4.00. The molecule has 0 aromatic rings. The molecule has 0 aliphatic carbocycles. The van der Waals surface area contributed by atoms with Gasteiger partial charge in [0, 0.05) is 5.75 Å². The maximum Gasteiger partial charge on any atom is 0.187 e. The molecule has 1 aliphatic heterocycles. The predicted octanol–water partition coefficient (Wildman–Crippen LogP) is -2.79. The van der Waals surface area contributed by atoms with E-state index in [1.165, 1.54) is 13.8 Å². The molecule has 23 heavy (non-hydrogen) atoms. The van der Waals surface area contributed by atoms with Gasteiger partial charge in [-0.25, -0.2) is 0 Å². The van der Waals surface area contributed by atoms with Crippen LogP contribution in [0.4, 0.5) is 0 Å². The fourth-order valence-electron chi connectivity index (χ4n) is 2.13. The highest BCUT2D eigenvalue weighted by molar-refractivity contribution is 7.80. The van der Waals surface area contributed by atoms with Crippen molar-refractivity contribution in [3.63, 3.8) is 0 Å². The number of thiol groups is 1. The summed E-state index contributed by atoms with van der Waals surface area (Å²) in [5.74, 6) is 0.104. The molecule has 9 nitrogen and oxygen atoms in total. The Balaban J connectivity index is 2.67. The first-order chi connectivity index (χ1) is 10.7. The first-order valence-electron chi connectivity index (χ1n) is 7.31. The summed E-state index contributed by atoms with van der Waals surface area (Å²) in [6, 6.07) is 0. The van der Waals surface area contributed by atoms with Crippen LogP contribution < -0.4 is 0 Å². The summed E-state index contributed by atoms with van der Waals surface area (Å²) < 4.78 is 16.1. The zero-order valence-corrected chi connectivity index (χ0v) is 13.9. The van der Waals surface area contributed by atoms with Gasteiger partial charge in [0.2, 0.25) is 0 Å². The Morgan fingerprint density at radius 1 is 1.04 bits per heavy atom. The van der Waals surface area contributed by atoms with Gasteiger partial charge in [-0.3, -0.25) is 0 Å². The van der Waals surface area contributed by atoms with Gasteiger partial charge in [-0.05, 0) is 13.8 Å². The minimum absolute atomic E-state index is 0.104. The molecule has 0 aromatic heterocycles. The minimum atomic E-state index is -1.72. The lowest BCUT2D eigenvalue weighted by molar-refractivity contribution is -0.312. The van der Waals surface area contributed by atoms with E-state index in [4.69, 9.17) is 24.4 Å². The maximum absolute atomic E-state index is 9.93. The fourth-order valence-corrected chi connectivity index (χ4v) is 2.43. The molecule has 138 valence electrons. The molecule has 0 aromatic carbocycles. The van der Waals surface area contributed by atoms with Crippen molar-refractivity contribution in [3.8, 4) is 0 Å². The average Bonchev–Trinajstić information content (AvgIpc) is 2.52. The van der Waals surface area contributed by atoms with Gasteiger partial charge in [-0.2, -0.15) is 12.6 Å². The SMILES string of the molecule is CC(OC(CO)[C@H](C)OC1OC(CS)C(O)C(O)C1O)C(O)O. The van der Waals surface area contributed by atoms with E-state index in [9.17, 15) is 20.4 Å². The lowest BCUT2D eigenvalue weighted by atomic mass is 10.00. The van der Waals surface area contributed by atoms with E-state index in [0.717, 1.165) is 0 Å². The van der Waals surface area contributed by atoms with E-state index >= 15 is 0 Å². The van der Waals surface area contributed by atoms with Crippen LogP contribution in [-0.4, -0.2) is 98.3 Å². The molecule has 6 N–H and O–H groups in total. The van der Waals surface area contributed by atoms with Gasteiger partial charge in [0.25, 0.3) is 0 Å². The largest absolute Gasteiger partial charge is 0.394 e. The molecule has 7 unspecified atom stereocenters. The zero-order chi connectivity index (χ0) is 17.7. The molecule has 8 atom stereocenters. The van der Waals surface area contributed by atoms with E-state index < -0.39 is 61.9 Å². The van der Waals surface area contributed by atoms with Crippen molar-refractivity contribution >= 4 is 12.6 Å². The molecule has 0 saturated carbocycles. The molecular weight excluding hydrogens is 332 g/mol. The molecule has 0 spiro atoms. The summed E-state index contributed by atoms with van der Waals surface area (Å²) in [5.41, 5.74) is 0. The lowest BCUT2D eigenvalue weighted by Gasteiger charge is -2.41. The molecule has 0 amide bonds. The van der Waals surface area contributed by atoms with Gasteiger partial charge in [-0.15, -0.1) is 0 Å². The van der Waals surface area contributed by atoms with Crippen LogP contribution >= 0.6 is 12.6 Å². The maximum atomic E-state index is 9.93. The molecule has 1 rings (SSSR count). The molecule has 1 fully saturated rings. The average molecular weight is 358 g/mol. The second-order valence-corrected chi connectivity index (χ2v) is 5.88. The number of aliphatic hydroxyl groups excluding tert-OH is 5. The summed E-state index contributed by atoms with van der Waals surface area (Å²) in [4.78, 5) is 0. The number of hydrogen-bond acceptors (Lipinski definition) is 10. The normalized spacial score (nSPS) is 36.0. The van der Waals surface area contributed by atoms with Crippen molar-refractivity contribution in [2.45, 2.75) is 69.2 Å². The highest BCUT2D eigenvalue weighted by Crippen LogP contribution is 2.24. The van der Waals surface area contributed by atoms with E-state index in [1.807, 2.05) is 0 Å². The first-order valence-corrected chi connectivity index (χ1v) is 7.94. The van der Waals surface area contributed by atoms with Crippen molar-refractivity contribution in [1.29, 1.82) is 0 Å². The Morgan fingerprint density at radius 3 is 2.13 bits per heavy atom. The summed E-state index contributed by atoms with van der Waals surface area (Å²) in [5, 5.41) is 56.8. The van der Waals surface area contributed by atoms with Gasteiger partial charge in [0.1, 0.15) is 30.5 Å². The predicted molar refractivity (Wildman–Crippen MR) is 80.7 cm³/mol. The smallest absolute Gasteiger partial charge is 0.187 e. The van der Waals surface area contributed by atoms with Crippen LogP contribution in [0.3, 0.4) is 0 Å². The Morgan fingerprint density at radius 2 is 1.65 bits per heavy atom. The summed E-state index contributed by atoms with van der Waals surface area (Å²) in [7, 11) is 0. The second kappa shape index (κ2) is 9.47. The van der Waals surface area contributed by atoms with Crippen LogP contribution in [0.25, 0.3) is 0 Å². The molecule has 0 bridgehead atoms. The van der Waals surface area contributed by atoms with E-state index in [1.54, 1.807) is 0 Å². The van der Waals surface area contributed by atoms with Crippen LogP contribution in [0.1, 0.15) is 13.8 Å². The Kier molecular flexibility index (Phi) is 8.66. The Labute approximate surface area is 139 Å². The first kappa shape index (κ1) is 21.0. The van der Waals surface area contributed by atoms with Gasteiger partial charge >= 0.3 is 0 Å². The van der Waals surface area contributed by atoms with Crippen LogP contribution in [0.5, 0.6) is 0 Å². The third-order valence-corrected chi connectivity index (χ3v) is 4.07. The fraction of sp³-hybridized carbons (Fsp3) is 1.00. The number of aliphatic hydroxyl groups is 6. The molecule has 1 aliphatic rings. The topological polar surface area (TPSA) is 149 Å². The van der Waals surface area contributed by atoms with Crippen LogP contribution in [0.15, 0.2) is 0 Å². The van der Waals surface area contributed by atoms with Crippen molar-refractivity contribution in [2.24, 2.45) is 0 Å². The van der Waals surface area contributed by atoms with Gasteiger partial charge < -0.3 is 44.8 Å². The summed E-state index contributed by atoms with van der Waals surface area (Å²) in [6.07, 6.45) is -10.8. The van der Waals surface area contributed by atoms with Crippen molar-refractivity contribution < 1.29 is 44.8 Å². The van der Waals surface area contributed by atoms with Crippen LogP contribution in [0.2, 0.25) is 0 Å². The lowest BCUT2D eigenvalue weighted by Crippen LogP contribution is -2.59. The second-order valence-electron chi connectivity index (χ2n) is 5.51. The third kappa shape index (κ3) is 5.49. The van der Waals surface area contributed by atoms with Crippen LogP contribution in [-0.2, 0) is 14.2 Å².